The molecule has 1 fully saturated rings. The summed E-state index contributed by atoms with van der Waals surface area (Å²) in [6.45, 7) is 2.40. The number of fused-ring (bicyclic) bond motifs is 1. The molecule has 1 N–H and O–H groups in total. The summed E-state index contributed by atoms with van der Waals surface area (Å²) < 4.78 is 38.1. The molecule has 0 spiro atoms. The predicted octanol–water partition coefficient (Wildman–Crippen LogP) is 7.78. The van der Waals surface area contributed by atoms with Gasteiger partial charge in [-0.05, 0) is 62.9 Å². The quantitative estimate of drug-likeness (QED) is 0.106. The molecule has 3 heterocycles. The van der Waals surface area contributed by atoms with Gasteiger partial charge in [-0.2, -0.15) is 0 Å². The molecule has 5 aromatic rings. The standard InChI is InChI=1S/C37H36ClF2N7O4/c1-20-24(7-6-10-27(20)43-34-32-28(15-21(19-48)16-42-32)44-35(46-34)33(39)40)25-8-5-9-26(31(25)38)29-17-41-30(36(45-29)50-3)18-47(2)23-13-11-22(12-14-23)37(49)51-4/h5-10,15-17,19,22-23,33H,11-14,18H2,1-4H3,(H,43,44,46). The summed E-state index contributed by atoms with van der Waals surface area (Å²) in [5.41, 5.74) is 5.30. The molecule has 2 aromatic carbocycles. The van der Waals surface area contributed by atoms with E-state index in [9.17, 15) is 18.4 Å². The maximum Gasteiger partial charge on any atom is 0.308 e. The second kappa shape index (κ2) is 15.4. The van der Waals surface area contributed by atoms with Crippen molar-refractivity contribution >= 4 is 46.4 Å². The van der Waals surface area contributed by atoms with Gasteiger partial charge >= 0.3 is 5.97 Å². The maximum atomic E-state index is 13.7. The second-order valence-electron chi connectivity index (χ2n) is 12.4. The zero-order valence-electron chi connectivity index (χ0n) is 28.5. The Kier molecular flexibility index (Phi) is 10.8. The summed E-state index contributed by atoms with van der Waals surface area (Å²) in [7, 11) is 5.02. The highest BCUT2D eigenvalue weighted by Crippen LogP contribution is 2.40. The van der Waals surface area contributed by atoms with Crippen LogP contribution in [0, 0.1) is 12.8 Å². The summed E-state index contributed by atoms with van der Waals surface area (Å²) >= 11 is 7.08. The van der Waals surface area contributed by atoms with Crippen molar-refractivity contribution in [3.63, 3.8) is 0 Å². The summed E-state index contributed by atoms with van der Waals surface area (Å²) in [4.78, 5) is 47.2. The van der Waals surface area contributed by atoms with E-state index in [4.69, 9.17) is 31.0 Å². The van der Waals surface area contributed by atoms with Crippen molar-refractivity contribution in [1.29, 1.82) is 0 Å². The lowest BCUT2D eigenvalue weighted by molar-refractivity contribution is -0.146. The van der Waals surface area contributed by atoms with Gasteiger partial charge in [-0.25, -0.2) is 28.7 Å². The van der Waals surface area contributed by atoms with Crippen molar-refractivity contribution in [3.8, 4) is 28.3 Å². The molecule has 0 atom stereocenters. The van der Waals surface area contributed by atoms with Crippen LogP contribution in [0.3, 0.4) is 0 Å². The molecular weight excluding hydrogens is 680 g/mol. The van der Waals surface area contributed by atoms with E-state index in [2.05, 4.69) is 25.2 Å². The van der Waals surface area contributed by atoms with Gasteiger partial charge in [0.1, 0.15) is 11.2 Å². The number of carbonyl (C=O) groups is 2. The van der Waals surface area contributed by atoms with Gasteiger partial charge in [-0.1, -0.05) is 41.9 Å². The Hall–Kier alpha value is -5.14. The van der Waals surface area contributed by atoms with Crippen molar-refractivity contribution in [2.75, 3.05) is 26.6 Å². The Balaban J connectivity index is 1.26. The smallest absolute Gasteiger partial charge is 0.308 e. The zero-order valence-corrected chi connectivity index (χ0v) is 29.2. The largest absolute Gasteiger partial charge is 0.480 e. The van der Waals surface area contributed by atoms with Crippen LogP contribution in [-0.4, -0.2) is 69.4 Å². The van der Waals surface area contributed by atoms with Crippen molar-refractivity contribution in [2.45, 2.75) is 51.6 Å². The highest BCUT2D eigenvalue weighted by molar-refractivity contribution is 6.36. The molecule has 6 rings (SSSR count). The van der Waals surface area contributed by atoms with Crippen LogP contribution in [0.15, 0.2) is 54.9 Å². The normalized spacial score (nSPS) is 16.0. The SMILES string of the molecule is COC(=O)C1CCC(N(C)Cc2ncc(-c3cccc(-c4cccc(Nc5nc(C(F)F)nc6cc(C=O)cnc56)c4C)c3Cl)nc2OC)CC1. The minimum Gasteiger partial charge on any atom is -0.480 e. The monoisotopic (exact) mass is 715 g/mol. The first kappa shape index (κ1) is 35.7. The molecule has 0 saturated heterocycles. The van der Waals surface area contributed by atoms with Gasteiger partial charge in [0.05, 0.1) is 42.6 Å². The molecule has 264 valence electrons. The maximum absolute atomic E-state index is 13.7. The molecule has 0 bridgehead atoms. The number of methoxy groups -OCH3 is 2. The molecule has 1 aliphatic carbocycles. The van der Waals surface area contributed by atoms with Gasteiger partial charge in [0.15, 0.2) is 17.9 Å². The van der Waals surface area contributed by atoms with E-state index in [-0.39, 0.29) is 34.3 Å². The van der Waals surface area contributed by atoms with E-state index in [1.165, 1.54) is 19.4 Å². The Labute approximate surface area is 298 Å². The van der Waals surface area contributed by atoms with Gasteiger partial charge in [0.2, 0.25) is 5.88 Å². The lowest BCUT2D eigenvalue weighted by Gasteiger charge is -2.33. The first-order valence-electron chi connectivity index (χ1n) is 16.4. The highest BCUT2D eigenvalue weighted by atomic mass is 35.5. The number of ether oxygens (including phenoxy) is 2. The number of hydrogen-bond acceptors (Lipinski definition) is 11. The van der Waals surface area contributed by atoms with Crippen LogP contribution in [0.5, 0.6) is 5.88 Å². The number of benzene rings is 2. The molecule has 3 aromatic heterocycles. The van der Waals surface area contributed by atoms with E-state index >= 15 is 0 Å². The van der Waals surface area contributed by atoms with Crippen molar-refractivity contribution in [3.05, 3.63) is 82.5 Å². The van der Waals surface area contributed by atoms with Gasteiger partial charge in [0, 0.05) is 41.2 Å². The number of halogens is 3. The average Bonchev–Trinajstić information content (AvgIpc) is 3.15. The number of esters is 1. The number of aromatic nitrogens is 5. The van der Waals surface area contributed by atoms with Crippen LogP contribution in [0.1, 0.15) is 59.5 Å². The van der Waals surface area contributed by atoms with Crippen LogP contribution in [0.2, 0.25) is 5.02 Å². The van der Waals surface area contributed by atoms with Crippen molar-refractivity contribution < 1.29 is 27.8 Å². The van der Waals surface area contributed by atoms with Crippen LogP contribution >= 0.6 is 11.6 Å². The lowest BCUT2D eigenvalue weighted by Crippen LogP contribution is -2.36. The number of anilines is 2. The number of nitrogens with one attached hydrogen (secondary N) is 1. The minimum absolute atomic E-state index is 0.0488. The number of pyridine rings is 1. The molecule has 0 amide bonds. The van der Waals surface area contributed by atoms with Gasteiger partial charge < -0.3 is 14.8 Å². The Morgan fingerprint density at radius 3 is 2.45 bits per heavy atom. The average molecular weight is 716 g/mol. The highest BCUT2D eigenvalue weighted by Gasteiger charge is 2.29. The van der Waals surface area contributed by atoms with E-state index in [0.29, 0.717) is 52.4 Å². The Morgan fingerprint density at radius 1 is 1.02 bits per heavy atom. The third-order valence-electron chi connectivity index (χ3n) is 9.32. The third-order valence-corrected chi connectivity index (χ3v) is 9.72. The summed E-state index contributed by atoms with van der Waals surface area (Å²) in [5.74, 6) is -0.407. The fourth-order valence-electron chi connectivity index (χ4n) is 6.51. The number of nitrogens with zero attached hydrogens (tertiary/aromatic N) is 6. The second-order valence-corrected chi connectivity index (χ2v) is 12.8. The van der Waals surface area contributed by atoms with Crippen molar-refractivity contribution in [2.24, 2.45) is 5.92 Å². The van der Waals surface area contributed by atoms with Gasteiger partial charge in [0.25, 0.3) is 6.43 Å². The molecular formula is C37H36ClF2N7O4. The van der Waals surface area contributed by atoms with Gasteiger partial charge in [-0.3, -0.25) is 19.5 Å². The summed E-state index contributed by atoms with van der Waals surface area (Å²) in [6.07, 6.45) is 4.00. The minimum atomic E-state index is -2.93. The molecule has 0 radical (unpaired) electrons. The molecule has 0 unspecified atom stereocenters. The Bertz CT molecular complexity index is 2090. The predicted molar refractivity (Wildman–Crippen MR) is 189 cm³/mol. The van der Waals surface area contributed by atoms with E-state index in [0.717, 1.165) is 42.4 Å². The fraction of sp³-hybridized carbons (Fsp3) is 0.324. The zero-order chi connectivity index (χ0) is 36.2. The molecule has 11 nitrogen and oxygen atoms in total. The van der Waals surface area contributed by atoms with Crippen LogP contribution in [-0.2, 0) is 16.1 Å². The first-order chi connectivity index (χ1) is 24.6. The topological polar surface area (TPSA) is 132 Å². The summed E-state index contributed by atoms with van der Waals surface area (Å²) in [5, 5.41) is 3.59. The number of alkyl halides is 2. The van der Waals surface area contributed by atoms with E-state index in [1.54, 1.807) is 19.4 Å². The molecule has 1 saturated carbocycles. The lowest BCUT2D eigenvalue weighted by atomic mass is 9.85. The number of rotatable bonds is 11. The van der Waals surface area contributed by atoms with Crippen LogP contribution in [0.25, 0.3) is 33.4 Å². The summed E-state index contributed by atoms with van der Waals surface area (Å²) in [6, 6.07) is 12.8. The molecule has 1 aliphatic rings. The Morgan fingerprint density at radius 2 is 1.75 bits per heavy atom. The number of carbonyl (C=O) groups excluding carboxylic acids is 2. The van der Waals surface area contributed by atoms with E-state index < -0.39 is 12.2 Å². The fourth-order valence-corrected chi connectivity index (χ4v) is 6.84. The first-order valence-corrected chi connectivity index (χ1v) is 16.7. The van der Waals surface area contributed by atoms with Crippen LogP contribution < -0.4 is 10.1 Å². The number of aldehydes is 1. The number of hydrogen-bond donors (Lipinski definition) is 1. The molecule has 14 heteroatoms. The van der Waals surface area contributed by atoms with Crippen molar-refractivity contribution in [1.82, 2.24) is 29.8 Å². The molecule has 0 aliphatic heterocycles. The van der Waals surface area contributed by atoms with Gasteiger partial charge in [-0.15, -0.1) is 0 Å². The third kappa shape index (κ3) is 7.49. The van der Waals surface area contributed by atoms with Crippen LogP contribution in [0.4, 0.5) is 20.3 Å². The van der Waals surface area contributed by atoms with E-state index in [1.807, 2.05) is 44.3 Å². The molecule has 51 heavy (non-hydrogen) atoms.